The third kappa shape index (κ3) is 7.37. The summed E-state index contributed by atoms with van der Waals surface area (Å²) in [5.74, 6) is -0.283. The number of likely N-dealkylation sites (tertiary alicyclic amines) is 1. The molecule has 0 spiro atoms. The molecule has 1 fully saturated rings. The van der Waals surface area contributed by atoms with Gasteiger partial charge in [0.15, 0.2) is 11.5 Å². The van der Waals surface area contributed by atoms with Crippen LogP contribution in [0, 0.1) is 18.8 Å². The molecule has 1 saturated heterocycles. The molecule has 9 nitrogen and oxygen atoms in total. The lowest BCUT2D eigenvalue weighted by Crippen LogP contribution is -2.44. The van der Waals surface area contributed by atoms with Crippen molar-refractivity contribution in [1.82, 2.24) is 4.90 Å². The summed E-state index contributed by atoms with van der Waals surface area (Å²) in [7, 11) is 0. The molecule has 1 aliphatic carbocycles. The SMILES string of the molecule is CCc1cc(Cl)cc(CC)c1NC(=O)CN1C[C@H](c2ccc3c(c2C)OCO3)[C@@H](C(=O)O)[C@@H]1C1C=CC(OCCOC(C)C)=CC1. The molecule has 2 N–H and O–H groups in total. The van der Waals surface area contributed by atoms with Crippen molar-refractivity contribution in [3.8, 4) is 11.5 Å². The number of benzene rings is 2. The van der Waals surface area contributed by atoms with Crippen molar-refractivity contribution in [3.05, 3.63) is 75.5 Å². The van der Waals surface area contributed by atoms with Gasteiger partial charge in [-0.25, -0.2) is 0 Å². The summed E-state index contributed by atoms with van der Waals surface area (Å²) < 4.78 is 22.8. The minimum atomic E-state index is -0.889. The Morgan fingerprint density at radius 1 is 1.13 bits per heavy atom. The fraction of sp³-hybridized carbons (Fsp3) is 0.500. The van der Waals surface area contributed by atoms with E-state index in [0.717, 1.165) is 46.5 Å². The highest BCUT2D eigenvalue weighted by atomic mass is 35.5. The van der Waals surface area contributed by atoms with Crippen LogP contribution < -0.4 is 14.8 Å². The van der Waals surface area contributed by atoms with Gasteiger partial charge in [-0.3, -0.25) is 14.5 Å². The van der Waals surface area contributed by atoms with E-state index in [4.69, 9.17) is 30.5 Å². The highest BCUT2D eigenvalue weighted by molar-refractivity contribution is 6.30. The molecule has 2 aliphatic heterocycles. The summed E-state index contributed by atoms with van der Waals surface area (Å²) >= 11 is 6.37. The van der Waals surface area contributed by atoms with Gasteiger partial charge in [-0.2, -0.15) is 0 Å². The molecule has 4 atom stereocenters. The van der Waals surface area contributed by atoms with Crippen LogP contribution in [0.2, 0.25) is 5.02 Å². The monoisotopic (exact) mass is 652 g/mol. The molecule has 10 heteroatoms. The number of carbonyl (C=O) groups is 2. The lowest BCUT2D eigenvalue weighted by Gasteiger charge is -2.33. The van der Waals surface area contributed by atoms with E-state index in [0.29, 0.717) is 42.7 Å². The zero-order valence-corrected chi connectivity index (χ0v) is 28.1. The minimum absolute atomic E-state index is 0.0490. The smallest absolute Gasteiger partial charge is 0.308 e. The highest BCUT2D eigenvalue weighted by Crippen LogP contribution is 2.47. The van der Waals surface area contributed by atoms with Crippen molar-refractivity contribution in [3.63, 3.8) is 0 Å². The molecule has 46 heavy (non-hydrogen) atoms. The summed E-state index contributed by atoms with van der Waals surface area (Å²) in [5.41, 5.74) is 4.50. The Morgan fingerprint density at radius 2 is 1.87 bits per heavy atom. The third-order valence-corrected chi connectivity index (χ3v) is 9.37. The number of carboxylic acids is 1. The first kappa shape index (κ1) is 33.8. The van der Waals surface area contributed by atoms with Crippen LogP contribution in [0.3, 0.4) is 0 Å². The molecule has 3 aliphatic rings. The standard InChI is InChI=1S/C36H45ClN2O7/c1-6-23-16-26(37)17-24(7-2)33(23)38-31(40)19-39-18-29(28-12-13-30-35(22(28)5)46-20-45-30)32(36(41)42)34(39)25-8-10-27(11-9-25)44-15-14-43-21(3)4/h8,10-13,16-17,21,25,29,32,34H,6-7,9,14-15,18-20H2,1-5H3,(H,38,40)(H,41,42)/t25?,29-,32-,34+/m1/s1. The molecule has 2 aromatic rings. The summed E-state index contributed by atoms with van der Waals surface area (Å²) in [5, 5.41) is 14.6. The summed E-state index contributed by atoms with van der Waals surface area (Å²) in [6, 6.07) is 7.14. The molecule has 248 valence electrons. The Hall–Kier alpha value is -3.53. The van der Waals surface area contributed by atoms with Gasteiger partial charge in [-0.05, 0) is 98.6 Å². The number of fused-ring (bicyclic) bond motifs is 1. The number of halogens is 1. The van der Waals surface area contributed by atoms with Gasteiger partial charge in [0.2, 0.25) is 12.7 Å². The number of allylic oxidation sites excluding steroid dienone is 2. The normalized spacial score (nSPS) is 22.3. The van der Waals surface area contributed by atoms with Gasteiger partial charge in [0.1, 0.15) is 12.4 Å². The van der Waals surface area contributed by atoms with Crippen LogP contribution in [0.15, 0.2) is 48.3 Å². The van der Waals surface area contributed by atoms with E-state index in [-0.39, 0.29) is 37.2 Å². The predicted octanol–water partition coefficient (Wildman–Crippen LogP) is 6.51. The lowest BCUT2D eigenvalue weighted by atomic mass is 9.77. The Bertz CT molecular complexity index is 1480. The number of hydrogen-bond donors (Lipinski definition) is 2. The van der Waals surface area contributed by atoms with Gasteiger partial charge < -0.3 is 29.4 Å². The Kier molecular flexibility index (Phi) is 11.0. The van der Waals surface area contributed by atoms with Gasteiger partial charge in [-0.15, -0.1) is 0 Å². The van der Waals surface area contributed by atoms with Gasteiger partial charge in [0, 0.05) is 29.2 Å². The number of aryl methyl sites for hydroxylation is 2. The largest absolute Gasteiger partial charge is 0.492 e. The second-order valence-corrected chi connectivity index (χ2v) is 12.8. The number of carboxylic acid groups (broad SMARTS) is 1. The molecular weight excluding hydrogens is 608 g/mol. The first-order valence-corrected chi connectivity index (χ1v) is 16.6. The summed E-state index contributed by atoms with van der Waals surface area (Å²) in [4.78, 5) is 28.9. The Labute approximate surface area is 276 Å². The number of nitrogens with one attached hydrogen (secondary N) is 1. The second kappa shape index (κ2) is 14.9. The van der Waals surface area contributed by atoms with Gasteiger partial charge in [0.05, 0.1) is 25.2 Å². The first-order chi connectivity index (χ1) is 22.1. The van der Waals surface area contributed by atoms with Crippen molar-refractivity contribution < 1.29 is 33.6 Å². The van der Waals surface area contributed by atoms with E-state index in [9.17, 15) is 14.7 Å². The number of carbonyl (C=O) groups excluding carboxylic acids is 1. The third-order valence-electron chi connectivity index (χ3n) is 9.15. The van der Waals surface area contributed by atoms with Crippen LogP contribution in [0.25, 0.3) is 0 Å². The van der Waals surface area contributed by atoms with Crippen molar-refractivity contribution in [1.29, 1.82) is 0 Å². The molecule has 5 rings (SSSR count). The molecule has 2 heterocycles. The van der Waals surface area contributed by atoms with Crippen LogP contribution in [0.4, 0.5) is 5.69 Å². The van der Waals surface area contributed by atoms with Crippen LogP contribution in [0.5, 0.6) is 11.5 Å². The van der Waals surface area contributed by atoms with E-state index >= 15 is 0 Å². The van der Waals surface area contributed by atoms with Gasteiger partial charge >= 0.3 is 5.97 Å². The van der Waals surface area contributed by atoms with E-state index in [2.05, 4.69) is 5.32 Å². The van der Waals surface area contributed by atoms with Gasteiger partial charge in [-0.1, -0.05) is 37.6 Å². The maximum atomic E-state index is 13.8. The maximum Gasteiger partial charge on any atom is 0.308 e. The number of ether oxygens (including phenoxy) is 4. The summed E-state index contributed by atoms with van der Waals surface area (Å²) in [6.45, 7) is 11.5. The topological polar surface area (TPSA) is 107 Å². The fourth-order valence-corrected chi connectivity index (χ4v) is 7.29. The summed E-state index contributed by atoms with van der Waals surface area (Å²) in [6.07, 6.45) is 8.10. The predicted molar refractivity (Wildman–Crippen MR) is 178 cm³/mol. The molecular formula is C36H45ClN2O7. The quantitative estimate of drug-likeness (QED) is 0.236. The highest BCUT2D eigenvalue weighted by Gasteiger charge is 2.50. The van der Waals surface area contributed by atoms with Crippen molar-refractivity contribution >= 4 is 29.2 Å². The zero-order chi connectivity index (χ0) is 33.0. The number of anilines is 1. The first-order valence-electron chi connectivity index (χ1n) is 16.2. The van der Waals surface area contributed by atoms with Crippen LogP contribution >= 0.6 is 11.6 Å². The van der Waals surface area contributed by atoms with E-state index in [1.807, 2.05) is 82.0 Å². The number of rotatable bonds is 13. The molecule has 0 aromatic heterocycles. The van der Waals surface area contributed by atoms with E-state index < -0.39 is 17.9 Å². The Morgan fingerprint density at radius 3 is 2.50 bits per heavy atom. The number of amides is 1. The molecule has 0 saturated carbocycles. The second-order valence-electron chi connectivity index (χ2n) is 12.4. The number of hydrogen-bond acceptors (Lipinski definition) is 7. The average Bonchev–Trinajstić information content (AvgIpc) is 3.66. The van der Waals surface area contributed by atoms with Crippen LogP contribution in [0.1, 0.15) is 62.3 Å². The molecule has 2 aromatic carbocycles. The Balaban J connectivity index is 1.42. The fourth-order valence-electron chi connectivity index (χ4n) is 7.03. The van der Waals surface area contributed by atoms with Crippen LogP contribution in [-0.4, -0.2) is 67.1 Å². The lowest BCUT2D eigenvalue weighted by molar-refractivity contribution is -0.143. The maximum absolute atomic E-state index is 13.8. The van der Waals surface area contributed by atoms with Crippen molar-refractivity contribution in [2.24, 2.45) is 11.8 Å². The van der Waals surface area contributed by atoms with Crippen molar-refractivity contribution in [2.75, 3.05) is 38.4 Å². The number of nitrogens with zero attached hydrogens (tertiary/aromatic N) is 1. The van der Waals surface area contributed by atoms with Crippen molar-refractivity contribution in [2.45, 2.75) is 71.9 Å². The zero-order valence-electron chi connectivity index (χ0n) is 27.3. The molecule has 0 bridgehead atoms. The number of aliphatic carboxylic acids is 1. The average molecular weight is 653 g/mol. The molecule has 1 unspecified atom stereocenters. The minimum Gasteiger partial charge on any atom is -0.492 e. The van der Waals surface area contributed by atoms with E-state index in [1.165, 1.54) is 0 Å². The molecule has 0 radical (unpaired) electrons. The van der Waals surface area contributed by atoms with Crippen LogP contribution in [-0.2, 0) is 31.9 Å². The van der Waals surface area contributed by atoms with Gasteiger partial charge in [0.25, 0.3) is 0 Å². The van der Waals surface area contributed by atoms with E-state index in [1.54, 1.807) is 0 Å². The molecule has 1 amide bonds.